The van der Waals surface area contributed by atoms with Crippen molar-refractivity contribution in [1.29, 1.82) is 5.26 Å². The van der Waals surface area contributed by atoms with Crippen molar-refractivity contribution in [3.63, 3.8) is 0 Å². The molecule has 0 aromatic heterocycles. The summed E-state index contributed by atoms with van der Waals surface area (Å²) < 4.78 is 0. The fraction of sp³-hybridized carbons (Fsp3) is 0.318. The maximum atomic E-state index is 12.2. The van der Waals surface area contributed by atoms with E-state index in [-0.39, 0.29) is 17.9 Å². The fourth-order valence-electron chi connectivity index (χ4n) is 4.21. The zero-order valence-electron chi connectivity index (χ0n) is 15.7. The highest BCUT2D eigenvalue weighted by atomic mass is 16.2. The number of carbonyl (C=O) groups excluding carboxylic acids is 2. The van der Waals surface area contributed by atoms with E-state index in [2.05, 4.69) is 46.9 Å². The van der Waals surface area contributed by atoms with Crippen molar-refractivity contribution in [2.24, 2.45) is 5.92 Å². The van der Waals surface area contributed by atoms with Gasteiger partial charge in [-0.05, 0) is 43.0 Å². The highest BCUT2D eigenvalue weighted by Gasteiger charge is 2.60. The van der Waals surface area contributed by atoms with Gasteiger partial charge in [-0.1, -0.05) is 35.9 Å². The van der Waals surface area contributed by atoms with Gasteiger partial charge in [0.2, 0.25) is 0 Å². The molecule has 28 heavy (non-hydrogen) atoms. The molecule has 2 N–H and O–H groups in total. The van der Waals surface area contributed by atoms with Crippen molar-refractivity contribution in [1.82, 2.24) is 15.8 Å². The molecule has 1 saturated carbocycles. The predicted octanol–water partition coefficient (Wildman–Crippen LogP) is 1.90. The minimum Gasteiger partial charge on any atom is -0.293 e. The topological polar surface area (TPSA) is 85.2 Å². The predicted molar refractivity (Wildman–Crippen MR) is 104 cm³/mol. The number of likely N-dealkylation sites (tertiary alicyclic amines) is 1. The standard InChI is InChI=1S/C22H22N4O2/c1-15-5-7-18(8-6-15)22-10-19(22)12-26(14-22)13-20(27)24-25-21(28)17-4-2-3-16(9-17)11-23/h2-9,19H,10,12-14H2,1H3,(H,24,27)(H,25,28)/t19-,22+/m0/s1. The SMILES string of the molecule is Cc1ccc([C@]23C[C@H]2CN(CC(=O)NNC(=O)c2cccc(C#N)c2)C3)cc1. The fourth-order valence-corrected chi connectivity index (χ4v) is 4.21. The lowest BCUT2D eigenvalue weighted by atomic mass is 9.94. The summed E-state index contributed by atoms with van der Waals surface area (Å²) in [6, 6.07) is 17.0. The number of benzene rings is 2. The summed E-state index contributed by atoms with van der Waals surface area (Å²) in [4.78, 5) is 26.5. The average Bonchev–Trinajstić information content (AvgIpc) is 3.28. The lowest BCUT2D eigenvalue weighted by Crippen LogP contribution is -2.46. The summed E-state index contributed by atoms with van der Waals surface area (Å²) in [6.07, 6.45) is 1.18. The van der Waals surface area contributed by atoms with Gasteiger partial charge in [0.25, 0.3) is 11.8 Å². The van der Waals surface area contributed by atoms with Crippen LogP contribution in [-0.2, 0) is 10.2 Å². The zero-order valence-corrected chi connectivity index (χ0v) is 15.7. The molecular formula is C22H22N4O2. The Morgan fingerprint density at radius 2 is 2.00 bits per heavy atom. The largest absolute Gasteiger partial charge is 0.293 e. The van der Waals surface area contributed by atoms with Crippen molar-refractivity contribution in [3.05, 3.63) is 70.8 Å². The van der Waals surface area contributed by atoms with Crippen LogP contribution < -0.4 is 10.9 Å². The van der Waals surface area contributed by atoms with Gasteiger partial charge in [-0.2, -0.15) is 5.26 Å². The molecule has 6 nitrogen and oxygen atoms in total. The van der Waals surface area contributed by atoms with Crippen molar-refractivity contribution >= 4 is 11.8 Å². The summed E-state index contributed by atoms with van der Waals surface area (Å²) in [7, 11) is 0. The van der Waals surface area contributed by atoms with E-state index in [0.29, 0.717) is 17.0 Å². The number of hydrogen-bond donors (Lipinski definition) is 2. The maximum absolute atomic E-state index is 12.2. The molecule has 1 aliphatic heterocycles. The Balaban J connectivity index is 1.29. The zero-order chi connectivity index (χ0) is 19.7. The van der Waals surface area contributed by atoms with Crippen LogP contribution in [0.25, 0.3) is 0 Å². The highest BCUT2D eigenvalue weighted by molar-refractivity contribution is 5.95. The first-order valence-corrected chi connectivity index (χ1v) is 9.39. The Bertz CT molecular complexity index is 963. The van der Waals surface area contributed by atoms with E-state index in [1.807, 2.05) is 6.07 Å². The minimum absolute atomic E-state index is 0.189. The Hall–Kier alpha value is -3.17. The summed E-state index contributed by atoms with van der Waals surface area (Å²) in [5.41, 5.74) is 8.42. The van der Waals surface area contributed by atoms with E-state index < -0.39 is 5.91 Å². The van der Waals surface area contributed by atoms with Gasteiger partial charge in [-0.25, -0.2) is 0 Å². The molecule has 4 rings (SSSR count). The van der Waals surface area contributed by atoms with Gasteiger partial charge in [0.1, 0.15) is 0 Å². The number of amides is 2. The van der Waals surface area contributed by atoms with Crippen LogP contribution in [0, 0.1) is 24.2 Å². The van der Waals surface area contributed by atoms with Gasteiger partial charge in [0.15, 0.2) is 0 Å². The number of carbonyl (C=O) groups is 2. The van der Waals surface area contributed by atoms with Crippen molar-refractivity contribution in [3.8, 4) is 6.07 Å². The normalized spacial score (nSPS) is 22.8. The lowest BCUT2D eigenvalue weighted by molar-refractivity contribution is -0.122. The quantitative estimate of drug-likeness (QED) is 0.801. The second-order valence-corrected chi connectivity index (χ2v) is 7.79. The number of piperidine rings is 1. The molecule has 6 heteroatoms. The molecule has 1 aliphatic carbocycles. The molecule has 0 unspecified atom stereocenters. The average molecular weight is 374 g/mol. The van der Waals surface area contributed by atoms with E-state index in [4.69, 9.17) is 5.26 Å². The molecule has 0 radical (unpaired) electrons. The third-order valence-electron chi connectivity index (χ3n) is 5.78. The molecule has 2 aromatic rings. The van der Waals surface area contributed by atoms with Crippen LogP contribution in [0.3, 0.4) is 0 Å². The smallest absolute Gasteiger partial charge is 0.269 e. The lowest BCUT2D eigenvalue weighted by Gasteiger charge is -2.20. The van der Waals surface area contributed by atoms with Crippen LogP contribution in [0.5, 0.6) is 0 Å². The van der Waals surface area contributed by atoms with Gasteiger partial charge >= 0.3 is 0 Å². The van der Waals surface area contributed by atoms with Crippen molar-refractivity contribution in [2.75, 3.05) is 19.6 Å². The number of aryl methyl sites for hydroxylation is 1. The summed E-state index contributed by atoms with van der Waals surface area (Å²) >= 11 is 0. The molecule has 0 bridgehead atoms. The summed E-state index contributed by atoms with van der Waals surface area (Å²) in [6.45, 7) is 4.11. The molecule has 0 spiro atoms. The number of hydrogen-bond acceptors (Lipinski definition) is 4. The molecular weight excluding hydrogens is 352 g/mol. The van der Waals surface area contributed by atoms with Crippen LogP contribution in [-0.4, -0.2) is 36.3 Å². The van der Waals surface area contributed by atoms with Crippen LogP contribution in [0.1, 0.15) is 33.5 Å². The van der Waals surface area contributed by atoms with Crippen molar-refractivity contribution < 1.29 is 9.59 Å². The summed E-state index contributed by atoms with van der Waals surface area (Å²) in [5.74, 6) is -0.0812. The first kappa shape index (κ1) is 18.2. The van der Waals surface area contributed by atoms with E-state index in [1.54, 1.807) is 18.2 Å². The van der Waals surface area contributed by atoms with E-state index in [1.165, 1.54) is 23.6 Å². The molecule has 1 heterocycles. The van der Waals surface area contributed by atoms with Gasteiger partial charge in [0.05, 0.1) is 18.2 Å². The van der Waals surface area contributed by atoms with E-state index in [0.717, 1.165) is 13.1 Å². The van der Waals surface area contributed by atoms with Gasteiger partial charge in [-0.3, -0.25) is 25.3 Å². The number of hydrazine groups is 1. The van der Waals surface area contributed by atoms with Gasteiger partial charge in [-0.15, -0.1) is 0 Å². The van der Waals surface area contributed by atoms with Gasteiger partial charge < -0.3 is 0 Å². The second-order valence-electron chi connectivity index (χ2n) is 7.79. The third kappa shape index (κ3) is 3.49. The number of nitrogens with zero attached hydrogens (tertiary/aromatic N) is 2. The maximum Gasteiger partial charge on any atom is 0.269 e. The van der Waals surface area contributed by atoms with Gasteiger partial charge in [0, 0.05) is 24.1 Å². The number of nitriles is 1. The molecule has 1 saturated heterocycles. The van der Waals surface area contributed by atoms with E-state index >= 15 is 0 Å². The van der Waals surface area contributed by atoms with E-state index in [9.17, 15) is 9.59 Å². The number of nitrogens with one attached hydrogen (secondary N) is 2. The molecule has 2 aliphatic rings. The van der Waals surface area contributed by atoms with Crippen molar-refractivity contribution in [2.45, 2.75) is 18.8 Å². The molecule has 142 valence electrons. The number of fused-ring (bicyclic) bond motifs is 1. The molecule has 2 aromatic carbocycles. The number of rotatable bonds is 4. The monoisotopic (exact) mass is 374 g/mol. The van der Waals surface area contributed by atoms with Crippen LogP contribution in [0.2, 0.25) is 0 Å². The third-order valence-corrected chi connectivity index (χ3v) is 5.78. The first-order chi connectivity index (χ1) is 13.5. The Morgan fingerprint density at radius 3 is 2.75 bits per heavy atom. The second kappa shape index (κ2) is 7.10. The Labute approximate surface area is 164 Å². The minimum atomic E-state index is -0.439. The van der Waals surface area contributed by atoms with Crippen LogP contribution in [0.15, 0.2) is 48.5 Å². The Morgan fingerprint density at radius 1 is 1.21 bits per heavy atom. The molecule has 2 amide bonds. The van der Waals surface area contributed by atoms with Crippen LogP contribution in [0.4, 0.5) is 0 Å². The Kier molecular flexibility index (Phi) is 4.62. The van der Waals surface area contributed by atoms with Crippen LogP contribution >= 0.6 is 0 Å². The molecule has 2 fully saturated rings. The highest BCUT2D eigenvalue weighted by Crippen LogP contribution is 2.58. The first-order valence-electron chi connectivity index (χ1n) is 9.39. The molecule has 2 atom stereocenters. The summed E-state index contributed by atoms with van der Waals surface area (Å²) in [5, 5.41) is 8.91.